The summed E-state index contributed by atoms with van der Waals surface area (Å²) in [6.45, 7) is 1.85. The van der Waals surface area contributed by atoms with E-state index in [2.05, 4.69) is 10.2 Å². The first-order chi connectivity index (χ1) is 11.3. The molecule has 2 N–H and O–H groups in total. The zero-order chi connectivity index (χ0) is 17.7. The molecule has 2 rings (SSSR count). The first-order valence-electron chi connectivity index (χ1n) is 7.83. The number of hydrogen-bond acceptors (Lipinski definition) is 7. The number of rotatable bonds is 7. The average Bonchev–Trinajstić information content (AvgIpc) is 2.53. The molecule has 8 nitrogen and oxygen atoms in total. The van der Waals surface area contributed by atoms with Gasteiger partial charge in [-0.2, -0.15) is 0 Å². The number of benzene rings is 1. The molecule has 0 aromatic heterocycles. The van der Waals surface area contributed by atoms with Crippen molar-refractivity contribution in [2.24, 2.45) is 0 Å². The molecule has 0 saturated carbocycles. The number of nitrogens with one attached hydrogen (secondary N) is 1. The first kappa shape index (κ1) is 18.6. The van der Waals surface area contributed by atoms with Crippen molar-refractivity contribution in [2.45, 2.75) is 25.5 Å². The van der Waals surface area contributed by atoms with Crippen LogP contribution in [0, 0.1) is 10.1 Å². The molecule has 134 valence electrons. The molecule has 0 radical (unpaired) electrons. The Kier molecular flexibility index (Phi) is 6.14. The molecular formula is C15H23N3O5S. The monoisotopic (exact) mass is 357 g/mol. The van der Waals surface area contributed by atoms with Crippen molar-refractivity contribution in [3.05, 3.63) is 33.9 Å². The topological polar surface area (TPSA) is 113 Å². The van der Waals surface area contributed by atoms with Crippen LogP contribution >= 0.6 is 0 Å². The van der Waals surface area contributed by atoms with Gasteiger partial charge in [0.05, 0.1) is 17.3 Å². The normalized spacial score (nSPS) is 16.9. The summed E-state index contributed by atoms with van der Waals surface area (Å²) in [4.78, 5) is 12.8. The third kappa shape index (κ3) is 5.43. The fourth-order valence-electron chi connectivity index (χ4n) is 2.77. The van der Waals surface area contributed by atoms with Gasteiger partial charge in [0, 0.05) is 38.0 Å². The summed E-state index contributed by atoms with van der Waals surface area (Å²) >= 11 is 0. The van der Waals surface area contributed by atoms with Crippen LogP contribution in [0.15, 0.2) is 18.2 Å². The molecular weight excluding hydrogens is 334 g/mol. The maximum Gasteiger partial charge on any atom is 0.292 e. The maximum atomic E-state index is 11.2. The van der Waals surface area contributed by atoms with E-state index in [0.717, 1.165) is 25.9 Å². The highest BCUT2D eigenvalue weighted by molar-refractivity contribution is 7.90. The number of nitro groups is 1. The van der Waals surface area contributed by atoms with E-state index >= 15 is 0 Å². The third-order valence-corrected chi connectivity index (χ3v) is 5.09. The molecule has 1 aromatic carbocycles. The van der Waals surface area contributed by atoms with Gasteiger partial charge in [0.2, 0.25) is 0 Å². The number of piperidine rings is 1. The minimum atomic E-state index is -2.96. The number of likely N-dealkylation sites (tertiary alicyclic amines) is 1. The largest absolute Gasteiger partial charge is 0.392 e. The van der Waals surface area contributed by atoms with E-state index in [9.17, 15) is 23.6 Å². The Bertz CT molecular complexity index is 684. The van der Waals surface area contributed by atoms with Gasteiger partial charge in [-0.25, -0.2) is 8.42 Å². The van der Waals surface area contributed by atoms with E-state index in [-0.39, 0.29) is 24.1 Å². The van der Waals surface area contributed by atoms with Crippen LogP contribution in [0.25, 0.3) is 0 Å². The maximum absolute atomic E-state index is 11.2. The van der Waals surface area contributed by atoms with E-state index in [1.54, 1.807) is 6.07 Å². The second-order valence-electron chi connectivity index (χ2n) is 6.16. The predicted molar refractivity (Wildman–Crippen MR) is 91.8 cm³/mol. The second kappa shape index (κ2) is 7.91. The Morgan fingerprint density at radius 3 is 2.58 bits per heavy atom. The summed E-state index contributed by atoms with van der Waals surface area (Å²) in [7, 11) is -2.96. The van der Waals surface area contributed by atoms with Gasteiger partial charge in [-0.1, -0.05) is 0 Å². The number of hydrogen-bond donors (Lipinski definition) is 2. The summed E-state index contributed by atoms with van der Waals surface area (Å²) in [6.07, 6.45) is 2.79. The fourth-order valence-corrected chi connectivity index (χ4v) is 3.36. The number of anilines is 1. The van der Waals surface area contributed by atoms with Crippen LogP contribution in [-0.2, 0) is 16.4 Å². The lowest BCUT2D eigenvalue weighted by atomic mass is 10.0. The zero-order valence-electron chi connectivity index (χ0n) is 13.6. The second-order valence-corrected chi connectivity index (χ2v) is 8.42. The molecule has 9 heteroatoms. The van der Waals surface area contributed by atoms with Crippen LogP contribution in [0.2, 0.25) is 0 Å². The van der Waals surface area contributed by atoms with Gasteiger partial charge in [-0.3, -0.25) is 10.1 Å². The average molecular weight is 357 g/mol. The quantitative estimate of drug-likeness (QED) is 0.553. The molecule has 0 unspecified atom stereocenters. The Morgan fingerprint density at radius 2 is 2.04 bits per heavy atom. The summed E-state index contributed by atoms with van der Waals surface area (Å²) in [5.41, 5.74) is 1.03. The number of aliphatic hydroxyl groups excluding tert-OH is 1. The SMILES string of the molecule is CS(=O)(=O)CCN1CCC(Nc2cc(CO)ccc2[N+](=O)[O-])CC1. The van der Waals surface area contributed by atoms with Crippen LogP contribution in [0.4, 0.5) is 11.4 Å². The number of aliphatic hydroxyl groups is 1. The highest BCUT2D eigenvalue weighted by Crippen LogP contribution is 2.28. The van der Waals surface area contributed by atoms with Crippen molar-refractivity contribution in [3.8, 4) is 0 Å². The Labute approximate surface area is 141 Å². The smallest absolute Gasteiger partial charge is 0.292 e. The first-order valence-corrected chi connectivity index (χ1v) is 9.89. The van der Waals surface area contributed by atoms with Crippen LogP contribution in [0.1, 0.15) is 18.4 Å². The van der Waals surface area contributed by atoms with E-state index in [0.29, 0.717) is 17.8 Å². The summed E-state index contributed by atoms with van der Waals surface area (Å²) < 4.78 is 22.4. The minimum Gasteiger partial charge on any atom is -0.392 e. The van der Waals surface area contributed by atoms with E-state index in [1.165, 1.54) is 18.4 Å². The summed E-state index contributed by atoms with van der Waals surface area (Å²) in [6, 6.07) is 4.63. The van der Waals surface area contributed by atoms with E-state index < -0.39 is 14.8 Å². The van der Waals surface area contributed by atoms with Gasteiger partial charge < -0.3 is 15.3 Å². The molecule has 0 amide bonds. The number of nitrogens with zero attached hydrogens (tertiary/aromatic N) is 2. The van der Waals surface area contributed by atoms with Crippen LogP contribution in [0.3, 0.4) is 0 Å². The van der Waals surface area contributed by atoms with Crippen molar-refractivity contribution in [2.75, 3.05) is 37.0 Å². The molecule has 1 aliphatic rings. The van der Waals surface area contributed by atoms with Crippen LogP contribution in [-0.4, -0.2) is 61.0 Å². The lowest BCUT2D eigenvalue weighted by Gasteiger charge is -2.32. The van der Waals surface area contributed by atoms with Crippen LogP contribution in [0.5, 0.6) is 0 Å². The van der Waals surface area contributed by atoms with Gasteiger partial charge in [-0.15, -0.1) is 0 Å². The molecule has 0 atom stereocenters. The molecule has 1 heterocycles. The molecule has 0 aliphatic carbocycles. The van der Waals surface area contributed by atoms with Crippen molar-refractivity contribution in [1.82, 2.24) is 4.90 Å². The van der Waals surface area contributed by atoms with Crippen molar-refractivity contribution in [1.29, 1.82) is 0 Å². The Balaban J connectivity index is 1.95. The predicted octanol–water partition coefficient (Wildman–Crippen LogP) is 1.01. The standard InChI is InChI=1S/C15H23N3O5S/c1-24(22,23)9-8-17-6-4-13(5-7-17)16-14-10-12(11-19)2-3-15(14)18(20)21/h2-3,10,13,16,19H,4-9,11H2,1H3. The molecule has 1 aromatic rings. The summed E-state index contributed by atoms with van der Waals surface area (Å²) in [5.74, 6) is 0.148. The molecule has 24 heavy (non-hydrogen) atoms. The van der Waals surface area contributed by atoms with Crippen molar-refractivity contribution < 1.29 is 18.4 Å². The van der Waals surface area contributed by atoms with Gasteiger partial charge in [0.1, 0.15) is 15.5 Å². The lowest BCUT2D eigenvalue weighted by Crippen LogP contribution is -2.41. The zero-order valence-corrected chi connectivity index (χ0v) is 14.5. The van der Waals surface area contributed by atoms with Crippen LogP contribution < -0.4 is 5.32 Å². The van der Waals surface area contributed by atoms with Crippen molar-refractivity contribution >= 4 is 21.2 Å². The minimum absolute atomic E-state index is 0.00768. The lowest BCUT2D eigenvalue weighted by molar-refractivity contribution is -0.384. The van der Waals surface area contributed by atoms with Gasteiger partial charge >= 0.3 is 0 Å². The van der Waals surface area contributed by atoms with E-state index in [4.69, 9.17) is 0 Å². The van der Waals surface area contributed by atoms with Gasteiger partial charge in [-0.05, 0) is 30.5 Å². The molecule has 1 fully saturated rings. The third-order valence-electron chi connectivity index (χ3n) is 4.17. The molecule has 0 spiro atoms. The Morgan fingerprint density at radius 1 is 1.38 bits per heavy atom. The highest BCUT2D eigenvalue weighted by atomic mass is 32.2. The molecule has 1 saturated heterocycles. The van der Waals surface area contributed by atoms with Gasteiger partial charge in [0.25, 0.3) is 5.69 Å². The van der Waals surface area contributed by atoms with E-state index in [1.807, 2.05) is 0 Å². The Hall–Kier alpha value is -1.71. The fraction of sp³-hybridized carbons (Fsp3) is 0.600. The highest BCUT2D eigenvalue weighted by Gasteiger charge is 2.22. The van der Waals surface area contributed by atoms with Gasteiger partial charge in [0.15, 0.2) is 0 Å². The number of sulfone groups is 1. The number of nitro benzene ring substituents is 1. The molecule has 1 aliphatic heterocycles. The summed E-state index contributed by atoms with van der Waals surface area (Å²) in [5, 5.41) is 23.5. The molecule has 0 bridgehead atoms. The van der Waals surface area contributed by atoms with Crippen molar-refractivity contribution in [3.63, 3.8) is 0 Å².